The fourth-order valence-electron chi connectivity index (χ4n) is 2.92. The number of nitrogens with one attached hydrogen (secondary N) is 2. The molecule has 2 aromatic rings. The molecule has 28 heavy (non-hydrogen) atoms. The Morgan fingerprint density at radius 2 is 1.79 bits per heavy atom. The van der Waals surface area contributed by atoms with Gasteiger partial charge in [0.1, 0.15) is 12.4 Å². The van der Waals surface area contributed by atoms with E-state index >= 15 is 0 Å². The zero-order chi connectivity index (χ0) is 20.1. The Morgan fingerprint density at radius 1 is 1.11 bits per heavy atom. The van der Waals surface area contributed by atoms with Crippen LogP contribution in [0.5, 0.6) is 5.75 Å². The van der Waals surface area contributed by atoms with Crippen LogP contribution in [0, 0.1) is 0 Å². The Morgan fingerprint density at radius 3 is 2.50 bits per heavy atom. The summed E-state index contributed by atoms with van der Waals surface area (Å²) in [5.41, 5.74) is 1.41. The zero-order valence-corrected chi connectivity index (χ0v) is 14.9. The number of hydrogen-bond acceptors (Lipinski definition) is 4. The van der Waals surface area contributed by atoms with Crippen molar-refractivity contribution in [3.8, 4) is 5.75 Å². The van der Waals surface area contributed by atoms with Crippen molar-refractivity contribution in [3.63, 3.8) is 0 Å². The van der Waals surface area contributed by atoms with Crippen molar-refractivity contribution >= 4 is 12.0 Å². The Bertz CT molecular complexity index is 900. The lowest BCUT2D eigenvalue weighted by Crippen LogP contribution is -2.45. The Balaban J connectivity index is 1.90. The lowest BCUT2D eigenvalue weighted by Gasteiger charge is -2.29. The smallest absolute Gasteiger partial charge is 0.387 e. The van der Waals surface area contributed by atoms with E-state index in [1.54, 1.807) is 25.1 Å². The zero-order valence-electron chi connectivity index (χ0n) is 14.9. The van der Waals surface area contributed by atoms with Crippen LogP contribution < -0.4 is 15.4 Å². The number of carbonyl (C=O) groups excluding carboxylic acids is 2. The highest BCUT2D eigenvalue weighted by Gasteiger charge is 2.34. The summed E-state index contributed by atoms with van der Waals surface area (Å²) >= 11 is 0. The monoisotopic (exact) mass is 388 g/mol. The van der Waals surface area contributed by atoms with Crippen LogP contribution >= 0.6 is 0 Å². The normalized spacial score (nSPS) is 16.4. The van der Waals surface area contributed by atoms with E-state index in [1.165, 1.54) is 18.2 Å². The maximum Gasteiger partial charge on any atom is 0.387 e. The molecule has 1 heterocycles. The highest BCUT2D eigenvalue weighted by atomic mass is 19.3. The summed E-state index contributed by atoms with van der Waals surface area (Å²) < 4.78 is 35.4. The van der Waals surface area contributed by atoms with Crippen LogP contribution in [0.25, 0.3) is 0 Å². The van der Waals surface area contributed by atoms with Gasteiger partial charge in [-0.3, -0.25) is 0 Å². The molecule has 8 heteroatoms. The molecule has 0 aliphatic carbocycles. The van der Waals surface area contributed by atoms with Crippen LogP contribution in [0.3, 0.4) is 0 Å². The van der Waals surface area contributed by atoms with Gasteiger partial charge in [0.25, 0.3) is 0 Å². The number of halogens is 2. The van der Waals surface area contributed by atoms with Crippen molar-refractivity contribution in [2.45, 2.75) is 26.2 Å². The largest absolute Gasteiger partial charge is 0.457 e. The van der Waals surface area contributed by atoms with Crippen LogP contribution in [0.2, 0.25) is 0 Å². The van der Waals surface area contributed by atoms with Gasteiger partial charge in [0.15, 0.2) is 0 Å². The Kier molecular flexibility index (Phi) is 5.88. The van der Waals surface area contributed by atoms with E-state index in [4.69, 9.17) is 4.74 Å². The molecule has 2 aromatic carbocycles. The molecular weight excluding hydrogens is 370 g/mol. The van der Waals surface area contributed by atoms with Gasteiger partial charge in [-0.2, -0.15) is 8.78 Å². The molecule has 146 valence electrons. The minimum Gasteiger partial charge on any atom is -0.457 e. The number of rotatable bonds is 6. The first-order valence-electron chi connectivity index (χ1n) is 8.48. The maximum absolute atomic E-state index is 12.8. The predicted octanol–water partition coefficient (Wildman–Crippen LogP) is 3.66. The molecule has 1 aliphatic rings. The van der Waals surface area contributed by atoms with Crippen molar-refractivity contribution < 1.29 is 27.8 Å². The number of benzene rings is 2. The number of urea groups is 1. The summed E-state index contributed by atoms with van der Waals surface area (Å²) in [6, 6.07) is 13.5. The molecule has 0 aromatic heterocycles. The van der Waals surface area contributed by atoms with E-state index in [-0.39, 0.29) is 29.2 Å². The summed E-state index contributed by atoms with van der Waals surface area (Å²) in [6.45, 7) is -1.47. The number of alkyl halides is 2. The first-order chi connectivity index (χ1) is 13.5. The van der Waals surface area contributed by atoms with Gasteiger partial charge in [-0.05, 0) is 18.6 Å². The number of para-hydroxylation sites is 1. The SMILES string of the molecule is CC1=C(C(=O)OCc2ccccc2)[C@H](c2ccccc2OC(F)F)NC(=O)N1. The van der Waals surface area contributed by atoms with Gasteiger partial charge >= 0.3 is 18.6 Å². The van der Waals surface area contributed by atoms with Gasteiger partial charge < -0.3 is 20.1 Å². The van der Waals surface area contributed by atoms with Crippen molar-refractivity contribution in [2.24, 2.45) is 0 Å². The quantitative estimate of drug-likeness (QED) is 0.741. The number of amides is 2. The summed E-state index contributed by atoms with van der Waals surface area (Å²) in [7, 11) is 0. The summed E-state index contributed by atoms with van der Waals surface area (Å²) in [4.78, 5) is 24.7. The van der Waals surface area contributed by atoms with Crippen molar-refractivity contribution in [2.75, 3.05) is 0 Å². The first-order valence-corrected chi connectivity index (χ1v) is 8.48. The van der Waals surface area contributed by atoms with Crippen molar-refractivity contribution in [1.29, 1.82) is 0 Å². The van der Waals surface area contributed by atoms with Crippen molar-refractivity contribution in [3.05, 3.63) is 77.0 Å². The van der Waals surface area contributed by atoms with Gasteiger partial charge in [-0.1, -0.05) is 48.5 Å². The molecule has 0 saturated carbocycles. The number of allylic oxidation sites excluding steroid dienone is 1. The van der Waals surface area contributed by atoms with Crippen LogP contribution in [0.1, 0.15) is 24.1 Å². The van der Waals surface area contributed by atoms with Gasteiger partial charge in [0, 0.05) is 11.3 Å². The van der Waals surface area contributed by atoms with Crippen LogP contribution in [-0.4, -0.2) is 18.6 Å². The minimum atomic E-state index is -3.04. The van der Waals surface area contributed by atoms with E-state index in [2.05, 4.69) is 15.4 Å². The molecule has 1 atom stereocenters. The molecule has 6 nitrogen and oxygen atoms in total. The summed E-state index contributed by atoms with van der Waals surface area (Å²) in [5, 5.41) is 5.08. The third-order valence-electron chi connectivity index (χ3n) is 4.15. The van der Waals surface area contributed by atoms with Crippen LogP contribution in [-0.2, 0) is 16.1 Å². The summed E-state index contributed by atoms with van der Waals surface area (Å²) in [6.07, 6.45) is 0. The molecule has 0 radical (unpaired) electrons. The standard InChI is InChI=1S/C20H18F2N2O4/c1-12-16(18(25)27-11-13-7-3-2-4-8-13)17(24-20(26)23-12)14-9-5-6-10-15(14)28-19(21)22/h2-10,17,19H,11H2,1H3,(H2,23,24,26)/t17-/m0/s1. The Labute approximate surface area is 160 Å². The summed E-state index contributed by atoms with van der Waals surface area (Å²) in [5.74, 6) is -0.809. The molecule has 0 unspecified atom stereocenters. The fraction of sp³-hybridized carbons (Fsp3) is 0.200. The van der Waals surface area contributed by atoms with Gasteiger partial charge in [-0.15, -0.1) is 0 Å². The second-order valence-electron chi connectivity index (χ2n) is 6.05. The molecular formula is C20H18F2N2O4. The third kappa shape index (κ3) is 4.46. The molecule has 1 aliphatic heterocycles. The van der Waals surface area contributed by atoms with E-state index in [1.807, 2.05) is 18.2 Å². The highest BCUT2D eigenvalue weighted by Crippen LogP contribution is 2.34. The van der Waals surface area contributed by atoms with E-state index in [9.17, 15) is 18.4 Å². The average molecular weight is 388 g/mol. The molecule has 0 saturated heterocycles. The second kappa shape index (κ2) is 8.51. The van der Waals surface area contributed by atoms with Crippen LogP contribution in [0.4, 0.5) is 13.6 Å². The van der Waals surface area contributed by atoms with E-state index < -0.39 is 24.7 Å². The molecule has 0 spiro atoms. The minimum absolute atomic E-state index is 0.0340. The molecule has 2 N–H and O–H groups in total. The maximum atomic E-state index is 12.8. The van der Waals surface area contributed by atoms with Crippen LogP contribution in [0.15, 0.2) is 65.9 Å². The number of ether oxygens (including phenoxy) is 2. The van der Waals surface area contributed by atoms with Gasteiger partial charge in [0.2, 0.25) is 0 Å². The van der Waals surface area contributed by atoms with E-state index in [0.29, 0.717) is 0 Å². The molecule has 2 amide bonds. The number of carbonyl (C=O) groups is 2. The van der Waals surface area contributed by atoms with Crippen molar-refractivity contribution in [1.82, 2.24) is 10.6 Å². The molecule has 0 bridgehead atoms. The lowest BCUT2D eigenvalue weighted by atomic mass is 9.95. The first kappa shape index (κ1) is 19.3. The fourth-order valence-corrected chi connectivity index (χ4v) is 2.92. The predicted molar refractivity (Wildman–Crippen MR) is 96.4 cm³/mol. The topological polar surface area (TPSA) is 76.7 Å². The van der Waals surface area contributed by atoms with E-state index in [0.717, 1.165) is 5.56 Å². The second-order valence-corrected chi connectivity index (χ2v) is 6.05. The Hall–Kier alpha value is -3.42. The number of esters is 1. The van der Waals surface area contributed by atoms with Gasteiger partial charge in [-0.25, -0.2) is 9.59 Å². The van der Waals surface area contributed by atoms with Gasteiger partial charge in [0.05, 0.1) is 11.6 Å². The third-order valence-corrected chi connectivity index (χ3v) is 4.15. The lowest BCUT2D eigenvalue weighted by molar-refractivity contribution is -0.140. The highest BCUT2D eigenvalue weighted by molar-refractivity contribution is 5.95. The molecule has 3 rings (SSSR count). The number of hydrogen-bond donors (Lipinski definition) is 2. The average Bonchev–Trinajstić information content (AvgIpc) is 2.66. The molecule has 0 fully saturated rings.